The summed E-state index contributed by atoms with van der Waals surface area (Å²) in [6.45, 7) is 4.29. The first-order valence-corrected chi connectivity index (χ1v) is 9.82. The minimum atomic E-state index is -1.13. The van der Waals surface area contributed by atoms with Crippen molar-refractivity contribution >= 4 is 23.9 Å². The molecule has 0 spiro atoms. The van der Waals surface area contributed by atoms with Crippen LogP contribution in [0.25, 0.3) is 0 Å². The molecule has 8 nitrogen and oxygen atoms in total. The summed E-state index contributed by atoms with van der Waals surface area (Å²) in [5.41, 5.74) is 0.136. The molecule has 0 aromatic heterocycles. The van der Waals surface area contributed by atoms with Crippen LogP contribution < -0.4 is 0 Å². The molecule has 31 heavy (non-hydrogen) atoms. The van der Waals surface area contributed by atoms with Gasteiger partial charge < -0.3 is 19.7 Å². The maximum Gasteiger partial charge on any atom is 0.339 e. The summed E-state index contributed by atoms with van der Waals surface area (Å²) in [7, 11) is 0. The smallest absolute Gasteiger partial charge is 0.339 e. The van der Waals surface area contributed by atoms with Crippen LogP contribution in [0.1, 0.15) is 74.5 Å². The molecular formula is C23H26O8. The van der Waals surface area contributed by atoms with Crippen molar-refractivity contribution in [3.63, 3.8) is 0 Å². The molecule has 0 aliphatic heterocycles. The van der Waals surface area contributed by atoms with Crippen molar-refractivity contribution in [1.29, 1.82) is 0 Å². The lowest BCUT2D eigenvalue weighted by molar-refractivity contribution is 0.0486. The second-order valence-corrected chi connectivity index (χ2v) is 6.26. The summed E-state index contributed by atoms with van der Waals surface area (Å²) < 4.78 is 9.74. The number of benzene rings is 2. The molecule has 0 bridgehead atoms. The van der Waals surface area contributed by atoms with Gasteiger partial charge in [0.2, 0.25) is 0 Å². The van der Waals surface area contributed by atoms with Crippen LogP contribution in [0.3, 0.4) is 0 Å². The van der Waals surface area contributed by atoms with Crippen molar-refractivity contribution < 1.29 is 38.9 Å². The Morgan fingerprint density at radius 1 is 0.677 bits per heavy atom. The van der Waals surface area contributed by atoms with E-state index in [1.807, 2.05) is 0 Å². The van der Waals surface area contributed by atoms with E-state index in [-0.39, 0.29) is 28.9 Å². The average molecular weight is 430 g/mol. The Balaban J connectivity index is 0.000000316. The van der Waals surface area contributed by atoms with Gasteiger partial charge in [0.1, 0.15) is 0 Å². The third kappa shape index (κ3) is 8.30. The molecule has 2 N–H and O–H groups in total. The third-order valence-electron chi connectivity index (χ3n) is 4.01. The molecule has 166 valence electrons. The van der Waals surface area contributed by atoms with Crippen LogP contribution >= 0.6 is 0 Å². The minimum absolute atomic E-state index is 0.0204. The monoisotopic (exact) mass is 430 g/mol. The molecule has 0 saturated heterocycles. The number of unbranched alkanes of at least 4 members (excludes halogenated alkanes) is 2. The van der Waals surface area contributed by atoms with E-state index >= 15 is 0 Å². The summed E-state index contributed by atoms with van der Waals surface area (Å²) in [4.78, 5) is 44.5. The third-order valence-corrected chi connectivity index (χ3v) is 4.01. The zero-order valence-corrected chi connectivity index (χ0v) is 17.5. The molecule has 2 rings (SSSR count). The van der Waals surface area contributed by atoms with Gasteiger partial charge in [-0.3, -0.25) is 0 Å². The maximum atomic E-state index is 11.6. The number of hydrogen-bond acceptors (Lipinski definition) is 6. The van der Waals surface area contributed by atoms with Gasteiger partial charge in [0.25, 0.3) is 0 Å². The molecule has 0 saturated carbocycles. The normalized spacial score (nSPS) is 9.74. The minimum Gasteiger partial charge on any atom is -0.478 e. The summed E-state index contributed by atoms with van der Waals surface area (Å²) in [6, 6.07) is 12.0. The van der Waals surface area contributed by atoms with Crippen LogP contribution in [-0.4, -0.2) is 47.3 Å². The number of aromatic carboxylic acids is 2. The van der Waals surface area contributed by atoms with E-state index in [2.05, 4.69) is 6.92 Å². The number of ether oxygens (including phenoxy) is 2. The standard InChI is InChI=1S/C13H16O4.C10H10O4/c1-2-3-6-9-17-13(16)11-8-5-4-7-10(11)12(14)15;1-2-14-10(13)8-6-4-3-5-7(8)9(11)12/h4-5,7-8H,2-3,6,9H2,1H3,(H,14,15);3-6H,2H2,1H3,(H,11,12). The van der Waals surface area contributed by atoms with Crippen molar-refractivity contribution in [1.82, 2.24) is 0 Å². The summed E-state index contributed by atoms with van der Waals surface area (Å²) in [5.74, 6) is -3.43. The largest absolute Gasteiger partial charge is 0.478 e. The van der Waals surface area contributed by atoms with Crippen molar-refractivity contribution in [2.45, 2.75) is 33.1 Å². The zero-order chi connectivity index (χ0) is 23.2. The van der Waals surface area contributed by atoms with E-state index in [1.54, 1.807) is 31.2 Å². The Morgan fingerprint density at radius 3 is 1.48 bits per heavy atom. The van der Waals surface area contributed by atoms with Gasteiger partial charge in [-0.25, -0.2) is 19.2 Å². The van der Waals surface area contributed by atoms with Crippen molar-refractivity contribution in [2.24, 2.45) is 0 Å². The zero-order valence-electron chi connectivity index (χ0n) is 17.5. The predicted octanol–water partition coefficient (Wildman–Crippen LogP) is 4.29. The quantitative estimate of drug-likeness (QED) is 0.445. The molecule has 0 atom stereocenters. The van der Waals surface area contributed by atoms with Crippen LogP contribution in [0.2, 0.25) is 0 Å². The highest BCUT2D eigenvalue weighted by Gasteiger charge is 2.17. The average Bonchev–Trinajstić information content (AvgIpc) is 2.77. The Hall–Kier alpha value is -3.68. The predicted molar refractivity (Wildman–Crippen MR) is 113 cm³/mol. The van der Waals surface area contributed by atoms with Gasteiger partial charge in [-0.2, -0.15) is 0 Å². The first-order chi connectivity index (χ1) is 14.8. The van der Waals surface area contributed by atoms with Crippen LogP contribution in [0.5, 0.6) is 0 Å². The van der Waals surface area contributed by atoms with Crippen LogP contribution in [0.4, 0.5) is 0 Å². The Labute approximate surface area is 180 Å². The van der Waals surface area contributed by atoms with Gasteiger partial charge in [0.05, 0.1) is 35.5 Å². The van der Waals surface area contributed by atoms with Crippen LogP contribution in [0, 0.1) is 0 Å². The van der Waals surface area contributed by atoms with Crippen LogP contribution in [0.15, 0.2) is 48.5 Å². The Morgan fingerprint density at radius 2 is 1.10 bits per heavy atom. The molecule has 8 heteroatoms. The first-order valence-electron chi connectivity index (χ1n) is 9.82. The number of carboxylic acids is 2. The van der Waals surface area contributed by atoms with Gasteiger partial charge in [-0.05, 0) is 37.6 Å². The van der Waals surface area contributed by atoms with Crippen LogP contribution in [-0.2, 0) is 9.47 Å². The molecule has 0 heterocycles. The number of carbonyl (C=O) groups excluding carboxylic acids is 2. The molecular weight excluding hydrogens is 404 g/mol. The van der Waals surface area contributed by atoms with Gasteiger partial charge >= 0.3 is 23.9 Å². The topological polar surface area (TPSA) is 127 Å². The lowest BCUT2D eigenvalue weighted by Gasteiger charge is -2.06. The van der Waals surface area contributed by atoms with Gasteiger partial charge in [0.15, 0.2) is 0 Å². The molecule has 2 aromatic rings. The first kappa shape index (κ1) is 25.4. The van der Waals surface area contributed by atoms with E-state index in [1.165, 1.54) is 24.3 Å². The van der Waals surface area contributed by atoms with E-state index < -0.39 is 23.9 Å². The second kappa shape index (κ2) is 13.5. The molecule has 0 unspecified atom stereocenters. The van der Waals surface area contributed by atoms with E-state index in [4.69, 9.17) is 19.7 Å². The van der Waals surface area contributed by atoms with E-state index in [0.717, 1.165) is 19.3 Å². The van der Waals surface area contributed by atoms with Gasteiger partial charge in [-0.15, -0.1) is 0 Å². The van der Waals surface area contributed by atoms with E-state index in [9.17, 15) is 19.2 Å². The number of carboxylic acid groups (broad SMARTS) is 2. The highest BCUT2D eigenvalue weighted by molar-refractivity contribution is 6.03. The molecule has 0 aliphatic rings. The highest BCUT2D eigenvalue weighted by atomic mass is 16.5. The molecule has 0 fully saturated rings. The second-order valence-electron chi connectivity index (χ2n) is 6.26. The van der Waals surface area contributed by atoms with Gasteiger partial charge in [-0.1, -0.05) is 44.0 Å². The number of esters is 2. The molecule has 0 aliphatic carbocycles. The Kier molecular flexibility index (Phi) is 11.1. The Bertz CT molecular complexity index is 904. The van der Waals surface area contributed by atoms with Crippen molar-refractivity contribution in [3.05, 3.63) is 70.8 Å². The van der Waals surface area contributed by atoms with Gasteiger partial charge in [0, 0.05) is 0 Å². The van der Waals surface area contributed by atoms with E-state index in [0.29, 0.717) is 6.61 Å². The summed E-state index contributed by atoms with van der Waals surface area (Å²) in [6.07, 6.45) is 2.84. The summed E-state index contributed by atoms with van der Waals surface area (Å²) in [5, 5.41) is 17.7. The molecule has 0 radical (unpaired) electrons. The fourth-order valence-corrected chi connectivity index (χ4v) is 2.50. The van der Waals surface area contributed by atoms with Crippen molar-refractivity contribution in [2.75, 3.05) is 13.2 Å². The maximum absolute atomic E-state index is 11.6. The molecule has 0 amide bonds. The fraction of sp³-hybridized carbons (Fsp3) is 0.304. The molecule has 2 aromatic carbocycles. The number of rotatable bonds is 9. The summed E-state index contributed by atoms with van der Waals surface area (Å²) >= 11 is 0. The lowest BCUT2D eigenvalue weighted by atomic mass is 10.1. The number of hydrogen-bond donors (Lipinski definition) is 2. The lowest BCUT2D eigenvalue weighted by Crippen LogP contribution is -2.12. The fourth-order valence-electron chi connectivity index (χ4n) is 2.50. The highest BCUT2D eigenvalue weighted by Crippen LogP contribution is 2.11. The van der Waals surface area contributed by atoms with Crippen molar-refractivity contribution in [3.8, 4) is 0 Å². The SMILES string of the molecule is CCCCCOC(=O)c1ccccc1C(=O)O.CCOC(=O)c1ccccc1C(=O)O. The number of carbonyl (C=O) groups is 4.